The van der Waals surface area contributed by atoms with Crippen molar-refractivity contribution < 1.29 is 13.3 Å². The lowest BCUT2D eigenvalue weighted by Gasteiger charge is -2.33. The number of sulfonamides is 1. The highest BCUT2D eigenvalue weighted by molar-refractivity contribution is 7.89. The van der Waals surface area contributed by atoms with Gasteiger partial charge in [0, 0.05) is 6.92 Å². The standard InChI is InChI=1S/C19H29N3O2S/c1-14-11-17(19(4,5)6)12-15(2)18(14)25(23,24)22-9-7-21(8-10-22)16(3)13-20/h11-12,16H,7-10H2,1-6H3/p+1/t16-/m1/s1. The Hall–Kier alpha value is -1.42. The summed E-state index contributed by atoms with van der Waals surface area (Å²) in [6.07, 6.45) is 0. The number of piperazine rings is 1. The lowest BCUT2D eigenvalue weighted by atomic mass is 9.85. The molecule has 0 aromatic heterocycles. The Kier molecular flexibility index (Phi) is 5.62. The number of hydrogen-bond donors (Lipinski definition) is 1. The molecule has 1 N–H and O–H groups in total. The smallest absolute Gasteiger partial charge is 0.244 e. The van der Waals surface area contributed by atoms with Crippen molar-refractivity contribution in [2.45, 2.75) is 57.9 Å². The number of rotatable bonds is 3. The van der Waals surface area contributed by atoms with Crippen molar-refractivity contribution in [3.8, 4) is 6.07 Å². The van der Waals surface area contributed by atoms with Crippen molar-refractivity contribution in [3.05, 3.63) is 28.8 Å². The fourth-order valence-corrected chi connectivity index (χ4v) is 5.31. The zero-order valence-corrected chi connectivity index (χ0v) is 17.0. The molecule has 1 saturated heterocycles. The molecular formula is C19H30N3O2S+. The normalized spacial score (nSPS) is 18.8. The summed E-state index contributed by atoms with van der Waals surface area (Å²) in [4.78, 5) is 1.60. The third-order valence-electron chi connectivity index (χ3n) is 5.09. The first-order valence-electron chi connectivity index (χ1n) is 8.84. The Morgan fingerprint density at radius 3 is 2.04 bits per heavy atom. The first kappa shape index (κ1) is 19.9. The van der Waals surface area contributed by atoms with Gasteiger partial charge in [0.15, 0.2) is 6.04 Å². The minimum atomic E-state index is -3.50. The number of quaternary nitrogens is 1. The van der Waals surface area contributed by atoms with E-state index in [0.29, 0.717) is 31.1 Å². The number of nitrogens with zero attached hydrogens (tertiary/aromatic N) is 2. The van der Waals surface area contributed by atoms with Crippen LogP contribution in [-0.4, -0.2) is 44.9 Å². The first-order valence-corrected chi connectivity index (χ1v) is 10.3. The van der Waals surface area contributed by atoms with Crippen LogP contribution in [0.1, 0.15) is 44.4 Å². The van der Waals surface area contributed by atoms with Gasteiger partial charge in [-0.25, -0.2) is 8.42 Å². The highest BCUT2D eigenvalue weighted by Crippen LogP contribution is 2.30. The number of hydrogen-bond acceptors (Lipinski definition) is 3. The second kappa shape index (κ2) is 7.06. The van der Waals surface area contributed by atoms with Gasteiger partial charge in [0.05, 0.1) is 31.1 Å². The molecule has 5 nitrogen and oxygen atoms in total. The van der Waals surface area contributed by atoms with Crippen LogP contribution in [-0.2, 0) is 15.4 Å². The van der Waals surface area contributed by atoms with E-state index in [1.165, 1.54) is 0 Å². The molecule has 1 aliphatic rings. The van der Waals surface area contributed by atoms with Crippen molar-refractivity contribution in [1.29, 1.82) is 5.26 Å². The van der Waals surface area contributed by atoms with E-state index in [1.54, 1.807) is 4.31 Å². The summed E-state index contributed by atoms with van der Waals surface area (Å²) in [5.41, 5.74) is 2.76. The van der Waals surface area contributed by atoms with Gasteiger partial charge in [0.2, 0.25) is 10.0 Å². The molecule has 6 heteroatoms. The molecular weight excluding hydrogens is 334 g/mol. The molecule has 1 fully saturated rings. The van der Waals surface area contributed by atoms with Gasteiger partial charge in [-0.1, -0.05) is 32.9 Å². The average molecular weight is 365 g/mol. The average Bonchev–Trinajstić information content (AvgIpc) is 2.52. The second-order valence-corrected chi connectivity index (χ2v) is 9.98. The number of benzene rings is 1. The monoisotopic (exact) mass is 364 g/mol. The summed E-state index contributed by atoms with van der Waals surface area (Å²) in [6, 6.07) is 6.15. The van der Waals surface area contributed by atoms with Crippen LogP contribution in [0.4, 0.5) is 0 Å². The van der Waals surface area contributed by atoms with E-state index in [0.717, 1.165) is 21.6 Å². The lowest BCUT2D eigenvalue weighted by molar-refractivity contribution is -0.918. The van der Waals surface area contributed by atoms with Gasteiger partial charge >= 0.3 is 0 Å². The Bertz CT molecular complexity index is 757. The first-order chi connectivity index (χ1) is 11.5. The van der Waals surface area contributed by atoms with Crippen LogP contribution in [0.2, 0.25) is 0 Å². The minimum Gasteiger partial charge on any atom is -0.319 e. The SMILES string of the molecule is Cc1cc(C(C)(C)C)cc(C)c1S(=O)(=O)N1CC[NH+]([C@H](C)C#N)CC1. The summed E-state index contributed by atoms with van der Waals surface area (Å²) in [6.45, 7) is 14.3. The Morgan fingerprint density at radius 2 is 1.64 bits per heavy atom. The van der Waals surface area contributed by atoms with Gasteiger partial charge < -0.3 is 4.90 Å². The maximum absolute atomic E-state index is 13.2. The Balaban J connectivity index is 2.31. The molecule has 0 spiro atoms. The largest absolute Gasteiger partial charge is 0.319 e. The van der Waals surface area contributed by atoms with E-state index in [2.05, 4.69) is 26.8 Å². The number of nitriles is 1. The van der Waals surface area contributed by atoms with Crippen LogP contribution in [0.3, 0.4) is 0 Å². The molecule has 0 aliphatic carbocycles. The molecule has 0 amide bonds. The van der Waals surface area contributed by atoms with Crippen molar-refractivity contribution in [1.82, 2.24) is 4.31 Å². The van der Waals surface area contributed by atoms with Crippen LogP contribution < -0.4 is 4.90 Å². The lowest BCUT2D eigenvalue weighted by Crippen LogP contribution is -3.17. The summed E-state index contributed by atoms with van der Waals surface area (Å²) in [7, 11) is -3.50. The molecule has 0 unspecified atom stereocenters. The highest BCUT2D eigenvalue weighted by Gasteiger charge is 2.34. The maximum Gasteiger partial charge on any atom is 0.244 e. The quantitative estimate of drug-likeness (QED) is 0.882. The Labute approximate surface area is 152 Å². The molecule has 138 valence electrons. The highest BCUT2D eigenvalue weighted by atomic mass is 32.2. The van der Waals surface area contributed by atoms with Gasteiger partial charge in [-0.3, -0.25) is 0 Å². The molecule has 1 heterocycles. The van der Waals surface area contributed by atoms with Crippen molar-refractivity contribution >= 4 is 10.0 Å². The Morgan fingerprint density at radius 1 is 1.16 bits per heavy atom. The molecule has 1 aromatic rings. The molecule has 0 radical (unpaired) electrons. The summed E-state index contributed by atoms with van der Waals surface area (Å²) < 4.78 is 28.0. The van der Waals surface area contributed by atoms with E-state index >= 15 is 0 Å². The number of aryl methyl sites for hydroxylation is 2. The van der Waals surface area contributed by atoms with E-state index in [9.17, 15) is 8.42 Å². The predicted molar refractivity (Wildman–Crippen MR) is 99.1 cm³/mol. The number of nitrogens with one attached hydrogen (secondary N) is 1. The van der Waals surface area contributed by atoms with Crippen molar-refractivity contribution in [2.75, 3.05) is 26.2 Å². The molecule has 1 aromatic carbocycles. The third-order valence-corrected chi connectivity index (χ3v) is 7.30. The van der Waals surface area contributed by atoms with Crippen LogP contribution in [0.5, 0.6) is 0 Å². The fraction of sp³-hybridized carbons (Fsp3) is 0.632. The van der Waals surface area contributed by atoms with Crippen molar-refractivity contribution in [2.24, 2.45) is 0 Å². The molecule has 0 bridgehead atoms. The van der Waals surface area contributed by atoms with Crippen molar-refractivity contribution in [3.63, 3.8) is 0 Å². The molecule has 0 saturated carbocycles. The van der Waals surface area contributed by atoms with Gasteiger partial charge in [-0.05, 0) is 36.0 Å². The van der Waals surface area contributed by atoms with E-state index < -0.39 is 10.0 Å². The molecule has 2 rings (SSSR count). The molecule has 25 heavy (non-hydrogen) atoms. The summed E-state index contributed by atoms with van der Waals surface area (Å²) in [5.74, 6) is 0. The van der Waals surface area contributed by atoms with Gasteiger partial charge in [-0.2, -0.15) is 9.57 Å². The van der Waals surface area contributed by atoms with E-state index in [-0.39, 0.29) is 11.5 Å². The van der Waals surface area contributed by atoms with Crippen LogP contribution in [0.25, 0.3) is 0 Å². The summed E-state index contributed by atoms with van der Waals surface area (Å²) in [5, 5.41) is 9.05. The van der Waals surface area contributed by atoms with Crippen LogP contribution in [0.15, 0.2) is 17.0 Å². The van der Waals surface area contributed by atoms with Crippen LogP contribution in [0, 0.1) is 25.2 Å². The topological polar surface area (TPSA) is 65.6 Å². The third kappa shape index (κ3) is 4.05. The van der Waals surface area contributed by atoms with Crippen LogP contribution >= 0.6 is 0 Å². The predicted octanol–water partition coefficient (Wildman–Crippen LogP) is 1.40. The zero-order valence-electron chi connectivity index (χ0n) is 16.2. The minimum absolute atomic E-state index is 0.0137. The fourth-order valence-electron chi connectivity index (χ4n) is 3.46. The van der Waals surface area contributed by atoms with Gasteiger partial charge in [-0.15, -0.1) is 0 Å². The second-order valence-electron chi connectivity index (χ2n) is 8.10. The summed E-state index contributed by atoms with van der Waals surface area (Å²) >= 11 is 0. The maximum atomic E-state index is 13.2. The van der Waals surface area contributed by atoms with E-state index in [1.807, 2.05) is 32.9 Å². The van der Waals surface area contributed by atoms with E-state index in [4.69, 9.17) is 5.26 Å². The van der Waals surface area contributed by atoms with Gasteiger partial charge in [0.1, 0.15) is 6.07 Å². The zero-order chi connectivity index (χ0) is 19.0. The van der Waals surface area contributed by atoms with Gasteiger partial charge in [0.25, 0.3) is 0 Å². The molecule has 1 aliphatic heterocycles. The molecule has 1 atom stereocenters.